The fourth-order valence-corrected chi connectivity index (χ4v) is 2.28. The molecule has 0 aliphatic rings. The van der Waals surface area contributed by atoms with Gasteiger partial charge in [-0.05, 0) is 34.1 Å². The van der Waals surface area contributed by atoms with Gasteiger partial charge in [0.1, 0.15) is 12.1 Å². The Labute approximate surface area is 114 Å². The maximum Gasteiger partial charge on any atom is 0.313 e. The first-order valence-electron chi connectivity index (χ1n) is 4.78. The molecule has 0 aliphatic carbocycles. The van der Waals surface area contributed by atoms with Crippen molar-refractivity contribution in [3.05, 3.63) is 34.8 Å². The van der Waals surface area contributed by atoms with Crippen LogP contribution < -0.4 is 0 Å². The molecule has 1 aromatic heterocycles. The van der Waals surface area contributed by atoms with E-state index in [9.17, 15) is 9.18 Å². The van der Waals surface area contributed by atoms with E-state index in [-0.39, 0.29) is 11.6 Å². The topological polar surface area (TPSA) is 68.0 Å². The quantitative estimate of drug-likeness (QED) is 0.871. The summed E-state index contributed by atoms with van der Waals surface area (Å²) in [5, 5.41) is 16.6. The van der Waals surface area contributed by atoms with E-state index in [1.807, 2.05) is 0 Å². The number of nitrogens with zero attached hydrogens (tertiary/aromatic N) is 3. The van der Waals surface area contributed by atoms with Gasteiger partial charge in [-0.2, -0.15) is 0 Å². The van der Waals surface area contributed by atoms with Gasteiger partial charge in [0.2, 0.25) is 0 Å². The zero-order valence-corrected chi connectivity index (χ0v) is 11.3. The van der Waals surface area contributed by atoms with Crippen LogP contribution in [-0.2, 0) is 4.79 Å². The summed E-state index contributed by atoms with van der Waals surface area (Å²) in [6.45, 7) is 0. The molecule has 0 amide bonds. The van der Waals surface area contributed by atoms with Crippen molar-refractivity contribution in [3.8, 4) is 5.69 Å². The van der Waals surface area contributed by atoms with Gasteiger partial charge in [-0.1, -0.05) is 11.8 Å². The van der Waals surface area contributed by atoms with Crippen molar-refractivity contribution in [3.63, 3.8) is 0 Å². The lowest BCUT2D eigenvalue weighted by atomic mass is 10.3. The number of thioether (sulfide) groups is 1. The minimum Gasteiger partial charge on any atom is -0.481 e. The van der Waals surface area contributed by atoms with Crippen molar-refractivity contribution in [1.29, 1.82) is 0 Å². The number of halogens is 2. The van der Waals surface area contributed by atoms with Gasteiger partial charge in [0.15, 0.2) is 5.16 Å². The molecule has 0 bridgehead atoms. The molecule has 5 nitrogen and oxygen atoms in total. The van der Waals surface area contributed by atoms with E-state index in [2.05, 4.69) is 26.1 Å². The Morgan fingerprint density at radius 2 is 2.33 bits per heavy atom. The van der Waals surface area contributed by atoms with Crippen LogP contribution in [0.1, 0.15) is 0 Å². The van der Waals surface area contributed by atoms with E-state index in [1.165, 1.54) is 12.4 Å². The van der Waals surface area contributed by atoms with Gasteiger partial charge in [0, 0.05) is 0 Å². The Bertz CT molecular complexity index is 590. The van der Waals surface area contributed by atoms with Crippen LogP contribution >= 0.6 is 27.7 Å². The molecule has 2 rings (SSSR count). The minimum absolute atomic E-state index is 0.110. The second-order valence-corrected chi connectivity index (χ2v) is 5.06. The molecule has 0 saturated heterocycles. The van der Waals surface area contributed by atoms with Crippen LogP contribution in [0.5, 0.6) is 0 Å². The predicted octanol–water partition coefficient (Wildman–Crippen LogP) is 2.35. The summed E-state index contributed by atoms with van der Waals surface area (Å²) < 4.78 is 15.0. The third-order valence-electron chi connectivity index (χ3n) is 2.02. The summed E-state index contributed by atoms with van der Waals surface area (Å²) in [5.41, 5.74) is 0.654. The fourth-order valence-electron chi connectivity index (χ4n) is 1.26. The van der Waals surface area contributed by atoms with Gasteiger partial charge >= 0.3 is 5.97 Å². The first kappa shape index (κ1) is 13.0. The summed E-state index contributed by atoms with van der Waals surface area (Å²) in [6.07, 6.45) is 1.45. The number of benzene rings is 1. The summed E-state index contributed by atoms with van der Waals surface area (Å²) in [6, 6.07) is 4.45. The molecule has 0 unspecified atom stereocenters. The maximum absolute atomic E-state index is 13.1. The molecule has 0 fully saturated rings. The van der Waals surface area contributed by atoms with E-state index in [0.29, 0.717) is 15.3 Å². The third-order valence-corrected chi connectivity index (χ3v) is 3.56. The van der Waals surface area contributed by atoms with Crippen molar-refractivity contribution in [2.45, 2.75) is 5.16 Å². The van der Waals surface area contributed by atoms with E-state index in [1.54, 1.807) is 16.7 Å². The predicted molar refractivity (Wildman–Crippen MR) is 67.4 cm³/mol. The van der Waals surface area contributed by atoms with Crippen molar-refractivity contribution in [1.82, 2.24) is 14.8 Å². The SMILES string of the molecule is O=C(O)CSc1nncn1-c1ccc(F)c(Br)c1. The number of carboxylic acids is 1. The molecule has 1 aromatic carbocycles. The minimum atomic E-state index is -0.935. The molecule has 0 radical (unpaired) electrons. The number of rotatable bonds is 4. The van der Waals surface area contributed by atoms with E-state index < -0.39 is 5.97 Å². The highest BCUT2D eigenvalue weighted by atomic mass is 79.9. The average Bonchev–Trinajstić information content (AvgIpc) is 2.78. The fraction of sp³-hybridized carbons (Fsp3) is 0.100. The Balaban J connectivity index is 2.30. The number of aliphatic carboxylic acids is 1. The van der Waals surface area contributed by atoms with Gasteiger partial charge in [0.05, 0.1) is 15.9 Å². The van der Waals surface area contributed by atoms with E-state index in [0.717, 1.165) is 11.8 Å². The summed E-state index contributed by atoms with van der Waals surface area (Å²) in [7, 11) is 0. The van der Waals surface area contributed by atoms with Crippen LogP contribution in [0.15, 0.2) is 34.2 Å². The van der Waals surface area contributed by atoms with Crippen LogP contribution in [0.25, 0.3) is 5.69 Å². The van der Waals surface area contributed by atoms with Gasteiger partial charge in [0.25, 0.3) is 0 Å². The second-order valence-electron chi connectivity index (χ2n) is 3.26. The lowest BCUT2D eigenvalue weighted by molar-refractivity contribution is -0.133. The molecule has 2 aromatic rings. The van der Waals surface area contributed by atoms with Crippen LogP contribution in [-0.4, -0.2) is 31.6 Å². The lowest BCUT2D eigenvalue weighted by Crippen LogP contribution is -2.01. The molecule has 94 valence electrons. The van der Waals surface area contributed by atoms with Gasteiger partial charge in [-0.15, -0.1) is 10.2 Å². The van der Waals surface area contributed by atoms with Crippen LogP contribution in [0.2, 0.25) is 0 Å². The molecular weight excluding hydrogens is 325 g/mol. The number of carboxylic acid groups (broad SMARTS) is 1. The van der Waals surface area contributed by atoms with Gasteiger partial charge in [-0.25, -0.2) is 4.39 Å². The zero-order valence-electron chi connectivity index (χ0n) is 8.88. The Morgan fingerprint density at radius 1 is 1.56 bits per heavy atom. The maximum atomic E-state index is 13.1. The van der Waals surface area contributed by atoms with Crippen LogP contribution in [0.4, 0.5) is 4.39 Å². The smallest absolute Gasteiger partial charge is 0.313 e. The van der Waals surface area contributed by atoms with Crippen molar-refractivity contribution in [2.75, 3.05) is 5.75 Å². The average molecular weight is 332 g/mol. The Hall–Kier alpha value is -1.41. The number of hydrogen-bond donors (Lipinski definition) is 1. The molecule has 1 heterocycles. The lowest BCUT2D eigenvalue weighted by Gasteiger charge is -2.06. The zero-order chi connectivity index (χ0) is 13.1. The van der Waals surface area contributed by atoms with Crippen molar-refractivity contribution in [2.24, 2.45) is 0 Å². The monoisotopic (exact) mass is 331 g/mol. The molecule has 0 atom stereocenters. The standard InChI is InChI=1S/C10H7BrFN3O2S/c11-7-3-6(1-2-8(7)12)15-5-13-14-10(15)18-4-9(16)17/h1-3,5H,4H2,(H,16,17). The molecule has 0 saturated carbocycles. The first-order valence-corrected chi connectivity index (χ1v) is 6.56. The summed E-state index contributed by atoms with van der Waals surface area (Å²) in [5.74, 6) is -1.41. The third kappa shape index (κ3) is 2.88. The van der Waals surface area contributed by atoms with Crippen molar-refractivity contribution >= 4 is 33.7 Å². The number of aromatic nitrogens is 3. The molecule has 0 spiro atoms. The Kier molecular flexibility index (Phi) is 3.97. The van der Waals surface area contributed by atoms with Crippen LogP contribution in [0, 0.1) is 5.82 Å². The highest BCUT2D eigenvalue weighted by Gasteiger charge is 2.10. The van der Waals surface area contributed by atoms with E-state index in [4.69, 9.17) is 5.11 Å². The van der Waals surface area contributed by atoms with Gasteiger partial charge in [-0.3, -0.25) is 9.36 Å². The van der Waals surface area contributed by atoms with Gasteiger partial charge < -0.3 is 5.11 Å². The number of hydrogen-bond acceptors (Lipinski definition) is 4. The molecule has 0 aliphatic heterocycles. The highest BCUT2D eigenvalue weighted by molar-refractivity contribution is 9.10. The highest BCUT2D eigenvalue weighted by Crippen LogP contribution is 2.23. The molecule has 8 heteroatoms. The summed E-state index contributed by atoms with van der Waals surface area (Å²) >= 11 is 4.14. The normalized spacial score (nSPS) is 10.6. The number of carbonyl (C=O) groups is 1. The molecular formula is C10H7BrFN3O2S. The summed E-state index contributed by atoms with van der Waals surface area (Å²) in [4.78, 5) is 10.5. The van der Waals surface area contributed by atoms with E-state index >= 15 is 0 Å². The Morgan fingerprint density at radius 3 is 3.00 bits per heavy atom. The molecule has 1 N–H and O–H groups in total. The second kappa shape index (κ2) is 5.49. The van der Waals surface area contributed by atoms with Crippen LogP contribution in [0.3, 0.4) is 0 Å². The first-order chi connectivity index (χ1) is 8.58. The largest absolute Gasteiger partial charge is 0.481 e. The van der Waals surface area contributed by atoms with Crippen molar-refractivity contribution < 1.29 is 14.3 Å². The molecule has 18 heavy (non-hydrogen) atoms.